The molecule has 0 fully saturated rings. The molecule has 0 spiro atoms. The zero-order chi connectivity index (χ0) is 14.3. The van der Waals surface area contributed by atoms with Gasteiger partial charge in [0.05, 0.1) is 6.42 Å². The van der Waals surface area contributed by atoms with E-state index in [0.717, 1.165) is 11.3 Å². The van der Waals surface area contributed by atoms with E-state index in [2.05, 4.69) is 26.4 Å². The van der Waals surface area contributed by atoms with Gasteiger partial charge in [-0.15, -0.1) is 10.2 Å². The Hall–Kier alpha value is -2.03. The fourth-order valence-corrected chi connectivity index (χ4v) is 1.75. The van der Waals surface area contributed by atoms with Crippen molar-refractivity contribution >= 4 is 34.2 Å². The first-order valence-electron chi connectivity index (χ1n) is 5.75. The highest BCUT2D eigenvalue weighted by atomic mass is 32.1. The van der Waals surface area contributed by atoms with Crippen LogP contribution in [0.15, 0.2) is 0 Å². The molecule has 1 aromatic rings. The zero-order valence-corrected chi connectivity index (χ0v) is 11.5. The van der Waals surface area contributed by atoms with Crippen molar-refractivity contribution < 1.29 is 14.4 Å². The van der Waals surface area contributed by atoms with Gasteiger partial charge in [-0.05, 0) is 0 Å². The summed E-state index contributed by atoms with van der Waals surface area (Å²) in [6.07, 6.45) is 0.619. The van der Waals surface area contributed by atoms with Crippen LogP contribution in [-0.4, -0.2) is 27.9 Å². The van der Waals surface area contributed by atoms with Crippen LogP contribution in [0, 0.1) is 0 Å². The van der Waals surface area contributed by atoms with E-state index in [4.69, 9.17) is 0 Å². The van der Waals surface area contributed by atoms with E-state index in [1.165, 1.54) is 0 Å². The van der Waals surface area contributed by atoms with Gasteiger partial charge in [0.1, 0.15) is 5.01 Å². The van der Waals surface area contributed by atoms with Crippen molar-refractivity contribution in [2.24, 2.45) is 0 Å². The van der Waals surface area contributed by atoms with Gasteiger partial charge >= 0.3 is 0 Å². The van der Waals surface area contributed by atoms with Crippen molar-refractivity contribution in [2.45, 2.75) is 33.1 Å². The number of carbonyl (C=O) groups excluding carboxylic acids is 3. The van der Waals surface area contributed by atoms with E-state index in [1.807, 2.05) is 0 Å². The Labute approximate surface area is 114 Å². The first-order valence-corrected chi connectivity index (χ1v) is 6.56. The van der Waals surface area contributed by atoms with Gasteiger partial charge in [-0.3, -0.25) is 25.2 Å². The van der Waals surface area contributed by atoms with E-state index < -0.39 is 5.91 Å². The average Bonchev–Trinajstić information content (AvgIpc) is 2.82. The number of hydrogen-bond donors (Lipinski definition) is 3. The molecule has 8 nitrogen and oxygen atoms in total. The van der Waals surface area contributed by atoms with Gasteiger partial charge in [0, 0.05) is 12.8 Å². The van der Waals surface area contributed by atoms with E-state index in [1.54, 1.807) is 13.8 Å². The number of amides is 3. The van der Waals surface area contributed by atoms with Crippen molar-refractivity contribution in [1.82, 2.24) is 21.0 Å². The number of nitrogens with one attached hydrogen (secondary N) is 3. The normalized spacial score (nSPS) is 9.79. The van der Waals surface area contributed by atoms with Crippen molar-refractivity contribution in [3.8, 4) is 0 Å². The SMILES string of the molecule is CCC(=O)NNC(=O)Cc1nnc(NC(=O)CC)s1. The Morgan fingerprint density at radius 3 is 2.26 bits per heavy atom. The molecule has 0 aliphatic rings. The van der Waals surface area contributed by atoms with Gasteiger partial charge in [0.2, 0.25) is 22.9 Å². The van der Waals surface area contributed by atoms with E-state index in [9.17, 15) is 14.4 Å². The Morgan fingerprint density at radius 1 is 1.00 bits per heavy atom. The minimum atomic E-state index is -0.397. The first-order chi connectivity index (χ1) is 9.05. The van der Waals surface area contributed by atoms with Crippen molar-refractivity contribution in [3.05, 3.63) is 5.01 Å². The van der Waals surface area contributed by atoms with Crippen LogP contribution in [0.4, 0.5) is 5.13 Å². The molecule has 0 saturated heterocycles. The highest BCUT2D eigenvalue weighted by Gasteiger charge is 2.11. The van der Waals surface area contributed by atoms with Crippen molar-refractivity contribution in [2.75, 3.05) is 5.32 Å². The maximum absolute atomic E-state index is 11.4. The molecule has 9 heteroatoms. The Kier molecular flexibility index (Phi) is 5.86. The third-order valence-electron chi connectivity index (χ3n) is 2.01. The molecule has 0 unspecified atom stereocenters. The quantitative estimate of drug-likeness (QED) is 0.658. The molecule has 0 aliphatic heterocycles. The molecular formula is C10H15N5O3S. The standard InChI is InChI=1S/C10H15N5O3S/c1-3-6(16)11-10-15-14-9(19-10)5-8(18)13-12-7(17)4-2/h3-5H2,1-2H3,(H,12,17)(H,13,18)(H,11,15,16). The number of nitrogens with zero attached hydrogens (tertiary/aromatic N) is 2. The molecule has 3 amide bonds. The van der Waals surface area contributed by atoms with Gasteiger partial charge in [-0.25, -0.2) is 0 Å². The summed E-state index contributed by atoms with van der Waals surface area (Å²) >= 11 is 1.12. The summed E-state index contributed by atoms with van der Waals surface area (Å²) in [7, 11) is 0. The molecule has 0 aromatic carbocycles. The second-order valence-corrected chi connectivity index (χ2v) is 4.59. The molecule has 104 valence electrons. The van der Waals surface area contributed by atoms with Gasteiger partial charge in [-0.2, -0.15) is 0 Å². The minimum absolute atomic E-state index is 0.0103. The average molecular weight is 285 g/mol. The predicted molar refractivity (Wildman–Crippen MR) is 69.1 cm³/mol. The lowest BCUT2D eigenvalue weighted by atomic mass is 10.4. The zero-order valence-electron chi connectivity index (χ0n) is 10.6. The molecule has 19 heavy (non-hydrogen) atoms. The number of hydrogen-bond acceptors (Lipinski definition) is 6. The van der Waals surface area contributed by atoms with Crippen LogP contribution in [0.2, 0.25) is 0 Å². The minimum Gasteiger partial charge on any atom is -0.301 e. The molecule has 3 N–H and O–H groups in total. The number of carbonyl (C=O) groups is 3. The maximum Gasteiger partial charge on any atom is 0.245 e. The first kappa shape index (κ1) is 15.0. The molecule has 0 bridgehead atoms. The fourth-order valence-electron chi connectivity index (χ4n) is 0.993. The Morgan fingerprint density at radius 2 is 1.63 bits per heavy atom. The number of aromatic nitrogens is 2. The predicted octanol–water partition coefficient (Wildman–Crippen LogP) is -0.0135. The second kappa shape index (κ2) is 7.41. The van der Waals surface area contributed by atoms with Gasteiger partial charge in [-0.1, -0.05) is 25.2 Å². The summed E-state index contributed by atoms with van der Waals surface area (Å²) < 4.78 is 0. The van der Waals surface area contributed by atoms with E-state index in [0.29, 0.717) is 16.6 Å². The lowest BCUT2D eigenvalue weighted by molar-refractivity contribution is -0.128. The number of rotatable bonds is 5. The fraction of sp³-hybridized carbons (Fsp3) is 0.500. The summed E-state index contributed by atoms with van der Waals surface area (Å²) in [5.41, 5.74) is 4.50. The summed E-state index contributed by atoms with van der Waals surface area (Å²) in [6, 6.07) is 0. The van der Waals surface area contributed by atoms with Gasteiger partial charge in [0.25, 0.3) is 0 Å². The van der Waals surface area contributed by atoms with Crippen LogP contribution in [0.3, 0.4) is 0 Å². The van der Waals surface area contributed by atoms with Gasteiger partial charge < -0.3 is 5.32 Å². The van der Waals surface area contributed by atoms with Crippen LogP contribution in [0.1, 0.15) is 31.7 Å². The summed E-state index contributed by atoms with van der Waals surface area (Å²) in [4.78, 5) is 33.5. The van der Waals surface area contributed by atoms with E-state index >= 15 is 0 Å². The largest absolute Gasteiger partial charge is 0.301 e. The Bertz CT molecular complexity index is 473. The maximum atomic E-state index is 11.4. The third-order valence-corrected chi connectivity index (χ3v) is 2.85. The molecule has 0 aliphatic carbocycles. The van der Waals surface area contributed by atoms with Crippen LogP contribution in [0.25, 0.3) is 0 Å². The molecule has 0 atom stereocenters. The monoisotopic (exact) mass is 285 g/mol. The smallest absolute Gasteiger partial charge is 0.245 e. The molecule has 1 rings (SSSR count). The van der Waals surface area contributed by atoms with Crippen molar-refractivity contribution in [3.63, 3.8) is 0 Å². The van der Waals surface area contributed by atoms with Crippen LogP contribution in [-0.2, 0) is 20.8 Å². The van der Waals surface area contributed by atoms with E-state index in [-0.39, 0.29) is 24.7 Å². The second-order valence-electron chi connectivity index (χ2n) is 3.53. The molecule has 0 radical (unpaired) electrons. The number of anilines is 1. The molecule has 1 heterocycles. The molecule has 0 saturated carbocycles. The highest BCUT2D eigenvalue weighted by Crippen LogP contribution is 2.15. The van der Waals surface area contributed by atoms with Gasteiger partial charge in [0.15, 0.2) is 0 Å². The Balaban J connectivity index is 2.42. The lowest BCUT2D eigenvalue weighted by Crippen LogP contribution is -2.42. The number of hydrazine groups is 1. The van der Waals surface area contributed by atoms with Crippen LogP contribution >= 0.6 is 11.3 Å². The summed E-state index contributed by atoms with van der Waals surface area (Å²) in [5.74, 6) is -0.838. The lowest BCUT2D eigenvalue weighted by Gasteiger charge is -2.03. The summed E-state index contributed by atoms with van der Waals surface area (Å²) in [6.45, 7) is 3.40. The third kappa shape index (κ3) is 5.42. The van der Waals surface area contributed by atoms with Crippen LogP contribution < -0.4 is 16.2 Å². The highest BCUT2D eigenvalue weighted by molar-refractivity contribution is 7.15. The van der Waals surface area contributed by atoms with Crippen molar-refractivity contribution in [1.29, 1.82) is 0 Å². The summed E-state index contributed by atoms with van der Waals surface area (Å²) in [5, 5.41) is 10.9. The van der Waals surface area contributed by atoms with Crippen LogP contribution in [0.5, 0.6) is 0 Å². The molecule has 1 aromatic heterocycles. The topological polar surface area (TPSA) is 113 Å². The molecular weight excluding hydrogens is 270 g/mol.